The third kappa shape index (κ3) is 2.88. The van der Waals surface area contributed by atoms with E-state index < -0.39 is 46.9 Å². The lowest BCUT2D eigenvalue weighted by atomic mass is 9.77. The summed E-state index contributed by atoms with van der Waals surface area (Å²) >= 11 is 12.5. The molecule has 35 heavy (non-hydrogen) atoms. The van der Waals surface area contributed by atoms with Gasteiger partial charge in [-0.3, -0.25) is 19.2 Å². The number of imide groups is 1. The number of Topliss-reactive ketones (excluding diaryl/α,β-unsaturated/α-hetero) is 2. The van der Waals surface area contributed by atoms with Gasteiger partial charge in [0.1, 0.15) is 0 Å². The third-order valence-electron chi connectivity index (χ3n) is 7.07. The number of carbonyl (C=O) groups is 4. The molecule has 6 rings (SSSR count). The summed E-state index contributed by atoms with van der Waals surface area (Å²) in [4.78, 5) is 56.2. The van der Waals surface area contributed by atoms with Gasteiger partial charge in [-0.1, -0.05) is 77.3 Å². The fourth-order valence-electron chi connectivity index (χ4n) is 5.47. The number of halogens is 2. The number of nitrogens with zero attached hydrogens (tertiary/aromatic N) is 1. The second kappa shape index (κ2) is 7.59. The SMILES string of the molecule is Cc1ccc([C@@H]2OC3(C(=O)c4ccccc4C3=O)[C@@H]3C(=O)N(c4cc(Cl)ccc4Cl)C(=O)[C@@H]32)cc1. The predicted octanol–water partition coefficient (Wildman–Crippen LogP) is 5.00. The summed E-state index contributed by atoms with van der Waals surface area (Å²) in [5.74, 6) is -4.96. The van der Waals surface area contributed by atoms with Gasteiger partial charge in [0.2, 0.25) is 29.0 Å². The molecular formula is C27H17Cl2NO5. The first kappa shape index (κ1) is 22.2. The van der Waals surface area contributed by atoms with Crippen molar-refractivity contribution in [2.75, 3.05) is 4.90 Å². The van der Waals surface area contributed by atoms with Crippen LogP contribution in [0.15, 0.2) is 66.7 Å². The van der Waals surface area contributed by atoms with E-state index in [9.17, 15) is 19.2 Å². The minimum absolute atomic E-state index is 0.108. The van der Waals surface area contributed by atoms with Crippen LogP contribution in [0.4, 0.5) is 5.69 Å². The highest BCUT2D eigenvalue weighted by atomic mass is 35.5. The summed E-state index contributed by atoms with van der Waals surface area (Å²) in [6.07, 6.45) is -0.984. The van der Waals surface area contributed by atoms with E-state index in [1.54, 1.807) is 30.3 Å². The Hall–Kier alpha value is -3.32. The molecule has 2 saturated heterocycles. The number of rotatable bonds is 2. The van der Waals surface area contributed by atoms with Crippen molar-refractivity contribution in [2.45, 2.75) is 18.6 Å². The van der Waals surface area contributed by atoms with Crippen molar-refractivity contribution >= 4 is 52.3 Å². The molecule has 1 aliphatic carbocycles. The van der Waals surface area contributed by atoms with Crippen LogP contribution in [0.2, 0.25) is 10.0 Å². The van der Waals surface area contributed by atoms with Crippen molar-refractivity contribution < 1.29 is 23.9 Å². The smallest absolute Gasteiger partial charge is 0.241 e. The van der Waals surface area contributed by atoms with E-state index in [1.165, 1.54) is 24.3 Å². The number of carbonyl (C=O) groups excluding carboxylic acids is 4. The van der Waals surface area contributed by atoms with Crippen molar-refractivity contribution in [1.29, 1.82) is 0 Å². The van der Waals surface area contributed by atoms with Crippen LogP contribution in [-0.4, -0.2) is 29.0 Å². The normalized spacial score (nSPS) is 24.4. The summed E-state index contributed by atoms with van der Waals surface area (Å²) in [6, 6.07) is 18.1. The molecule has 1 spiro atoms. The van der Waals surface area contributed by atoms with E-state index in [1.807, 2.05) is 19.1 Å². The number of amides is 2. The van der Waals surface area contributed by atoms with Gasteiger partial charge in [-0.05, 0) is 30.7 Å². The highest BCUT2D eigenvalue weighted by molar-refractivity contribution is 6.40. The van der Waals surface area contributed by atoms with Crippen LogP contribution in [0.1, 0.15) is 37.9 Å². The highest BCUT2D eigenvalue weighted by Crippen LogP contribution is 2.58. The first-order valence-corrected chi connectivity index (χ1v) is 11.8. The van der Waals surface area contributed by atoms with Crippen LogP contribution in [0.3, 0.4) is 0 Å². The van der Waals surface area contributed by atoms with Gasteiger partial charge in [-0.15, -0.1) is 0 Å². The molecule has 2 aliphatic heterocycles. The lowest BCUT2D eigenvalue weighted by Crippen LogP contribution is -2.51. The Morgan fingerprint density at radius 2 is 1.46 bits per heavy atom. The minimum Gasteiger partial charge on any atom is -0.349 e. The maximum Gasteiger partial charge on any atom is 0.241 e. The predicted molar refractivity (Wildman–Crippen MR) is 129 cm³/mol. The van der Waals surface area contributed by atoms with Gasteiger partial charge in [0.15, 0.2) is 0 Å². The number of aryl methyl sites for hydroxylation is 1. The van der Waals surface area contributed by atoms with Crippen LogP contribution in [0.5, 0.6) is 0 Å². The summed E-state index contributed by atoms with van der Waals surface area (Å²) in [5, 5.41) is 0.425. The quantitative estimate of drug-likeness (QED) is 0.361. The van der Waals surface area contributed by atoms with Crippen molar-refractivity contribution in [3.63, 3.8) is 0 Å². The fourth-order valence-corrected chi connectivity index (χ4v) is 5.84. The number of ketones is 2. The van der Waals surface area contributed by atoms with E-state index in [4.69, 9.17) is 27.9 Å². The summed E-state index contributed by atoms with van der Waals surface area (Å²) in [5.41, 5.74) is -0.0765. The molecule has 6 nitrogen and oxygen atoms in total. The summed E-state index contributed by atoms with van der Waals surface area (Å²) < 4.78 is 6.26. The van der Waals surface area contributed by atoms with E-state index in [2.05, 4.69) is 0 Å². The zero-order chi connectivity index (χ0) is 24.6. The number of hydrogen-bond acceptors (Lipinski definition) is 5. The first-order valence-electron chi connectivity index (χ1n) is 11.0. The van der Waals surface area contributed by atoms with Crippen molar-refractivity contribution in [1.82, 2.24) is 0 Å². The third-order valence-corrected chi connectivity index (χ3v) is 7.63. The second-order valence-electron chi connectivity index (χ2n) is 9.00. The Bertz CT molecular complexity index is 1430. The van der Waals surface area contributed by atoms with Crippen LogP contribution in [0, 0.1) is 18.8 Å². The molecule has 0 saturated carbocycles. The van der Waals surface area contributed by atoms with Gasteiger partial charge < -0.3 is 4.74 Å². The highest BCUT2D eigenvalue weighted by Gasteiger charge is 2.74. The Morgan fingerprint density at radius 1 is 0.829 bits per heavy atom. The zero-order valence-corrected chi connectivity index (χ0v) is 19.8. The average molecular weight is 506 g/mol. The molecule has 2 fully saturated rings. The van der Waals surface area contributed by atoms with E-state index in [0.29, 0.717) is 5.56 Å². The van der Waals surface area contributed by atoms with Gasteiger partial charge in [-0.25, -0.2) is 4.90 Å². The maximum absolute atomic E-state index is 13.9. The molecule has 3 atom stereocenters. The van der Waals surface area contributed by atoms with Gasteiger partial charge in [-0.2, -0.15) is 0 Å². The molecule has 174 valence electrons. The van der Waals surface area contributed by atoms with Gasteiger partial charge in [0.05, 0.1) is 28.6 Å². The molecule has 3 aromatic rings. The van der Waals surface area contributed by atoms with E-state index >= 15 is 0 Å². The van der Waals surface area contributed by atoms with Crippen molar-refractivity contribution in [3.8, 4) is 0 Å². The summed E-state index contributed by atoms with van der Waals surface area (Å²) in [6.45, 7) is 1.91. The molecule has 3 aromatic carbocycles. The Labute approximate surface area is 210 Å². The van der Waals surface area contributed by atoms with Crippen LogP contribution < -0.4 is 4.90 Å². The summed E-state index contributed by atoms with van der Waals surface area (Å²) in [7, 11) is 0. The molecule has 0 unspecified atom stereocenters. The standard InChI is InChI=1S/C27H17Cl2NO5/c1-13-6-8-14(9-7-13)22-20-21(26(34)30(25(20)33)19-12-15(28)10-11-18(19)29)27(35-22)23(31)16-4-2-3-5-17(16)24(27)32/h2-12,20-22H,1H3/t20-,21-,22-/m0/s1. The molecule has 0 aromatic heterocycles. The Morgan fingerprint density at radius 3 is 2.09 bits per heavy atom. The lowest BCUT2D eigenvalue weighted by molar-refractivity contribution is -0.127. The monoisotopic (exact) mass is 505 g/mol. The number of anilines is 1. The van der Waals surface area contributed by atoms with Gasteiger partial charge in [0, 0.05) is 16.1 Å². The number of ether oxygens (including phenoxy) is 1. The van der Waals surface area contributed by atoms with Gasteiger partial charge >= 0.3 is 0 Å². The zero-order valence-electron chi connectivity index (χ0n) is 18.3. The Kier molecular flexibility index (Phi) is 4.81. The molecule has 3 aliphatic rings. The Balaban J connectivity index is 1.56. The molecular weight excluding hydrogens is 489 g/mol. The molecule has 0 bridgehead atoms. The van der Waals surface area contributed by atoms with Gasteiger partial charge in [0.25, 0.3) is 0 Å². The minimum atomic E-state index is -2.13. The first-order chi connectivity index (χ1) is 16.8. The molecule has 8 heteroatoms. The topological polar surface area (TPSA) is 80.8 Å². The molecule has 0 N–H and O–H groups in total. The fraction of sp³-hybridized carbons (Fsp3) is 0.185. The van der Waals surface area contributed by atoms with Crippen LogP contribution in [-0.2, 0) is 14.3 Å². The van der Waals surface area contributed by atoms with Crippen molar-refractivity contribution in [3.05, 3.63) is 99.0 Å². The second-order valence-corrected chi connectivity index (χ2v) is 9.84. The number of hydrogen-bond donors (Lipinski definition) is 0. The number of benzene rings is 3. The largest absolute Gasteiger partial charge is 0.349 e. The maximum atomic E-state index is 13.9. The van der Waals surface area contributed by atoms with Crippen molar-refractivity contribution in [2.24, 2.45) is 11.8 Å². The van der Waals surface area contributed by atoms with Crippen LogP contribution >= 0.6 is 23.2 Å². The molecule has 2 amide bonds. The molecule has 2 heterocycles. The van der Waals surface area contributed by atoms with E-state index in [0.717, 1.165) is 10.5 Å². The lowest BCUT2D eigenvalue weighted by Gasteiger charge is -2.27. The van der Waals surface area contributed by atoms with Crippen LogP contribution in [0.25, 0.3) is 0 Å². The average Bonchev–Trinajstić information content (AvgIpc) is 3.41. The molecule has 0 radical (unpaired) electrons. The van der Waals surface area contributed by atoms with E-state index in [-0.39, 0.29) is 26.9 Å². The number of fused-ring (bicyclic) bond motifs is 3.